The van der Waals surface area contributed by atoms with Gasteiger partial charge in [-0.1, -0.05) is 18.2 Å². The predicted molar refractivity (Wildman–Crippen MR) is 133 cm³/mol. The molecule has 1 aliphatic heterocycles. The number of esters is 2. The molecule has 1 aliphatic rings. The molecule has 0 N–H and O–H groups in total. The first-order chi connectivity index (χ1) is 18.3. The number of hydrogen-bond acceptors (Lipinski definition) is 9. The second kappa shape index (κ2) is 11.3. The van der Waals surface area contributed by atoms with E-state index in [0.29, 0.717) is 11.3 Å². The van der Waals surface area contributed by atoms with Gasteiger partial charge in [-0.25, -0.2) is 4.79 Å². The number of nitrogens with zero attached hydrogens (tertiary/aromatic N) is 2. The zero-order valence-corrected chi connectivity index (χ0v) is 20.2. The molecule has 0 saturated carbocycles. The Labute approximate surface area is 216 Å². The lowest BCUT2D eigenvalue weighted by Gasteiger charge is -2.19. The molecule has 1 atom stereocenters. The summed E-state index contributed by atoms with van der Waals surface area (Å²) in [5.74, 6) is -2.57. The lowest BCUT2D eigenvalue weighted by atomic mass is 10.1. The van der Waals surface area contributed by atoms with Crippen LogP contribution < -0.4 is 14.4 Å². The summed E-state index contributed by atoms with van der Waals surface area (Å²) in [4.78, 5) is 61.5. The number of nitro benzene ring substituents is 1. The van der Waals surface area contributed by atoms with Crippen LogP contribution in [0.25, 0.3) is 0 Å². The van der Waals surface area contributed by atoms with Gasteiger partial charge in [0.05, 0.1) is 35.3 Å². The van der Waals surface area contributed by atoms with Gasteiger partial charge in [0.2, 0.25) is 5.91 Å². The Bertz CT molecular complexity index is 1390. The molecule has 0 radical (unpaired) electrons. The fourth-order valence-electron chi connectivity index (χ4n) is 3.89. The highest BCUT2D eigenvalue weighted by molar-refractivity contribution is 6.02. The Morgan fingerprint density at radius 3 is 2.37 bits per heavy atom. The lowest BCUT2D eigenvalue weighted by Crippen LogP contribution is -2.27. The number of Topliss-reactive ketones (excluding diaryl/α,β-unsaturated/α-hetero) is 1. The van der Waals surface area contributed by atoms with E-state index < -0.39 is 35.2 Å². The van der Waals surface area contributed by atoms with Crippen LogP contribution in [-0.4, -0.2) is 48.8 Å². The van der Waals surface area contributed by atoms with E-state index in [1.54, 1.807) is 30.3 Å². The van der Waals surface area contributed by atoms with Crippen LogP contribution in [0.15, 0.2) is 72.8 Å². The van der Waals surface area contributed by atoms with E-state index in [1.807, 2.05) is 0 Å². The lowest BCUT2D eigenvalue weighted by molar-refractivity contribution is -0.384. The highest BCUT2D eigenvalue weighted by Gasteiger charge is 2.37. The number of nitro groups is 1. The molecule has 1 amide bonds. The van der Waals surface area contributed by atoms with Crippen molar-refractivity contribution >= 4 is 35.0 Å². The summed E-state index contributed by atoms with van der Waals surface area (Å²) < 4.78 is 15.6. The van der Waals surface area contributed by atoms with Crippen molar-refractivity contribution in [2.75, 3.05) is 25.2 Å². The quantitative estimate of drug-likeness (QED) is 0.136. The normalized spacial score (nSPS) is 14.6. The number of benzene rings is 3. The maximum Gasteiger partial charge on any atom is 0.343 e. The molecule has 11 nitrogen and oxygen atoms in total. The van der Waals surface area contributed by atoms with Crippen molar-refractivity contribution < 1.29 is 38.3 Å². The molecule has 0 bridgehead atoms. The van der Waals surface area contributed by atoms with Crippen molar-refractivity contribution in [2.45, 2.75) is 6.42 Å². The van der Waals surface area contributed by atoms with E-state index >= 15 is 0 Å². The van der Waals surface area contributed by atoms with Gasteiger partial charge in [0.25, 0.3) is 5.69 Å². The van der Waals surface area contributed by atoms with Gasteiger partial charge < -0.3 is 19.1 Å². The fourth-order valence-corrected chi connectivity index (χ4v) is 3.89. The molecule has 4 rings (SSSR count). The van der Waals surface area contributed by atoms with E-state index in [-0.39, 0.29) is 41.6 Å². The smallest absolute Gasteiger partial charge is 0.343 e. The molecule has 11 heteroatoms. The van der Waals surface area contributed by atoms with Gasteiger partial charge >= 0.3 is 11.9 Å². The minimum atomic E-state index is -0.824. The highest BCUT2D eigenvalue weighted by Crippen LogP contribution is 2.36. The summed E-state index contributed by atoms with van der Waals surface area (Å²) in [5.41, 5.74) is 0.726. The van der Waals surface area contributed by atoms with Crippen LogP contribution in [0, 0.1) is 16.0 Å². The number of amides is 1. The third-order valence-electron chi connectivity index (χ3n) is 5.87. The number of ether oxygens (including phenoxy) is 3. The van der Waals surface area contributed by atoms with Gasteiger partial charge in [0.1, 0.15) is 11.5 Å². The molecule has 38 heavy (non-hydrogen) atoms. The summed E-state index contributed by atoms with van der Waals surface area (Å²) >= 11 is 0. The molecule has 1 heterocycles. The van der Waals surface area contributed by atoms with E-state index in [1.165, 1.54) is 54.5 Å². The average molecular weight is 518 g/mol. The maximum atomic E-state index is 12.6. The number of hydrogen-bond donors (Lipinski definition) is 0. The van der Waals surface area contributed by atoms with E-state index in [9.17, 15) is 29.3 Å². The first-order valence-electron chi connectivity index (χ1n) is 11.5. The minimum Gasteiger partial charge on any atom is -0.494 e. The second-order valence-electron chi connectivity index (χ2n) is 8.33. The Hall–Kier alpha value is -5.06. The van der Waals surface area contributed by atoms with Crippen LogP contribution in [0.3, 0.4) is 0 Å². The third-order valence-corrected chi connectivity index (χ3v) is 5.87. The van der Waals surface area contributed by atoms with Gasteiger partial charge in [-0.3, -0.25) is 24.5 Å². The van der Waals surface area contributed by atoms with Crippen LogP contribution in [0.2, 0.25) is 0 Å². The second-order valence-corrected chi connectivity index (χ2v) is 8.33. The van der Waals surface area contributed by atoms with Gasteiger partial charge in [-0.15, -0.1) is 0 Å². The summed E-state index contributed by atoms with van der Waals surface area (Å²) in [5, 5.41) is 11.0. The van der Waals surface area contributed by atoms with Crippen molar-refractivity contribution in [3.63, 3.8) is 0 Å². The van der Waals surface area contributed by atoms with Gasteiger partial charge in [0.15, 0.2) is 12.4 Å². The molecular formula is C27H22N2O9. The van der Waals surface area contributed by atoms with Crippen molar-refractivity contribution in [1.82, 2.24) is 0 Å². The number of carbonyl (C=O) groups is 4. The van der Waals surface area contributed by atoms with E-state index in [4.69, 9.17) is 14.2 Å². The van der Waals surface area contributed by atoms with E-state index in [2.05, 4.69) is 0 Å². The molecule has 0 aliphatic carbocycles. The Balaban J connectivity index is 1.32. The minimum absolute atomic E-state index is 0.0263. The monoisotopic (exact) mass is 518 g/mol. The topological polar surface area (TPSA) is 142 Å². The molecule has 194 valence electrons. The number of methoxy groups -OCH3 is 1. The molecule has 3 aromatic rings. The van der Waals surface area contributed by atoms with Crippen molar-refractivity contribution in [2.24, 2.45) is 5.92 Å². The van der Waals surface area contributed by atoms with Crippen LogP contribution in [0.4, 0.5) is 11.4 Å². The Kier molecular flexibility index (Phi) is 7.76. The van der Waals surface area contributed by atoms with E-state index in [0.717, 1.165) is 0 Å². The summed E-state index contributed by atoms with van der Waals surface area (Å²) in [6, 6.07) is 18.1. The van der Waals surface area contributed by atoms with Crippen LogP contribution in [-0.2, 0) is 14.3 Å². The summed E-state index contributed by atoms with van der Waals surface area (Å²) in [6.07, 6.45) is -0.144. The van der Waals surface area contributed by atoms with Gasteiger partial charge in [-0.05, 0) is 42.5 Å². The van der Waals surface area contributed by atoms with Gasteiger partial charge in [0, 0.05) is 24.6 Å². The Morgan fingerprint density at radius 2 is 1.71 bits per heavy atom. The SMILES string of the molecule is COc1cc([N+](=O)[O-])ccc1N1C[C@@H](C(=O)OCC(=O)c2ccc(OC(=O)c3ccccc3)cc2)CC1=O. The Morgan fingerprint density at radius 1 is 1.00 bits per heavy atom. The van der Waals surface area contributed by atoms with Crippen molar-refractivity contribution in [1.29, 1.82) is 0 Å². The van der Waals surface area contributed by atoms with Crippen molar-refractivity contribution in [3.8, 4) is 11.5 Å². The van der Waals surface area contributed by atoms with Crippen LogP contribution in [0.5, 0.6) is 11.5 Å². The molecule has 3 aromatic carbocycles. The number of anilines is 1. The zero-order chi connectivity index (χ0) is 27.2. The number of rotatable bonds is 9. The standard InChI is InChI=1S/C27H22N2O9/c1-36-24-14-20(29(34)35)9-12-22(24)28-15-19(13-25(28)31)26(32)37-16-23(30)17-7-10-21(11-8-17)38-27(33)18-5-3-2-4-6-18/h2-12,14,19H,13,15-16H2,1H3/t19-/m0/s1. The molecule has 0 aromatic heterocycles. The molecule has 1 saturated heterocycles. The number of carbonyl (C=O) groups excluding carboxylic acids is 4. The number of non-ortho nitro benzene ring substituents is 1. The first kappa shape index (κ1) is 26.0. The highest BCUT2D eigenvalue weighted by atomic mass is 16.6. The summed E-state index contributed by atoms with van der Waals surface area (Å²) in [7, 11) is 1.32. The van der Waals surface area contributed by atoms with Gasteiger partial charge in [-0.2, -0.15) is 0 Å². The number of ketones is 1. The fraction of sp³-hybridized carbons (Fsp3) is 0.185. The molecular weight excluding hydrogens is 496 g/mol. The maximum absolute atomic E-state index is 12.6. The summed E-state index contributed by atoms with van der Waals surface area (Å²) in [6.45, 7) is -0.560. The first-order valence-corrected chi connectivity index (χ1v) is 11.5. The third kappa shape index (κ3) is 5.84. The van der Waals surface area contributed by atoms with Crippen LogP contribution in [0.1, 0.15) is 27.1 Å². The predicted octanol–water partition coefficient (Wildman–Crippen LogP) is 3.60. The average Bonchev–Trinajstić information content (AvgIpc) is 3.33. The molecule has 0 spiro atoms. The molecule has 1 fully saturated rings. The zero-order valence-electron chi connectivity index (χ0n) is 20.2. The largest absolute Gasteiger partial charge is 0.494 e. The van der Waals surface area contributed by atoms with Crippen molar-refractivity contribution in [3.05, 3.63) is 94.0 Å². The molecule has 0 unspecified atom stereocenters. The van der Waals surface area contributed by atoms with Crippen LogP contribution >= 0.6 is 0 Å².